The number of carbonyl (C=O) groups is 1. The molecule has 20 heavy (non-hydrogen) atoms. The summed E-state index contributed by atoms with van der Waals surface area (Å²) in [4.78, 5) is 11.2. The summed E-state index contributed by atoms with van der Waals surface area (Å²) in [6, 6.07) is 5.00. The van der Waals surface area contributed by atoms with Crippen LogP contribution in [-0.4, -0.2) is 11.1 Å². The number of carboxylic acids is 1. The zero-order chi connectivity index (χ0) is 15.3. The maximum Gasteiger partial charge on any atom is 0.416 e. The van der Waals surface area contributed by atoms with E-state index in [0.29, 0.717) is 0 Å². The molecule has 1 saturated carbocycles. The van der Waals surface area contributed by atoms with Gasteiger partial charge in [0, 0.05) is 0 Å². The van der Waals surface area contributed by atoms with E-state index in [9.17, 15) is 18.0 Å². The molecular formula is C15H17F3O2. The number of hydrogen-bond donors (Lipinski definition) is 1. The lowest BCUT2D eigenvalue weighted by Gasteiger charge is -2.14. The van der Waals surface area contributed by atoms with Crippen molar-refractivity contribution in [3.63, 3.8) is 0 Å². The van der Waals surface area contributed by atoms with Gasteiger partial charge in [0.15, 0.2) is 0 Å². The first-order valence-corrected chi connectivity index (χ1v) is 6.46. The Morgan fingerprint density at radius 2 is 1.75 bits per heavy atom. The molecule has 0 aliphatic heterocycles. The summed E-state index contributed by atoms with van der Waals surface area (Å²) in [6.07, 6.45) is -4.34. The second-order valence-corrected chi connectivity index (χ2v) is 6.07. The Balaban J connectivity index is 2.19. The largest absolute Gasteiger partial charge is 0.481 e. The van der Waals surface area contributed by atoms with E-state index in [4.69, 9.17) is 5.11 Å². The fourth-order valence-corrected chi connectivity index (χ4v) is 3.27. The van der Waals surface area contributed by atoms with Crippen LogP contribution in [0.3, 0.4) is 0 Å². The van der Waals surface area contributed by atoms with E-state index in [1.165, 1.54) is 12.1 Å². The first-order valence-electron chi connectivity index (χ1n) is 6.46. The lowest BCUT2D eigenvalue weighted by atomic mass is 9.91. The van der Waals surface area contributed by atoms with Crippen molar-refractivity contribution in [1.82, 2.24) is 0 Å². The van der Waals surface area contributed by atoms with Crippen LogP contribution in [0.25, 0.3) is 0 Å². The van der Waals surface area contributed by atoms with Crippen molar-refractivity contribution in [2.75, 3.05) is 0 Å². The third kappa shape index (κ3) is 2.41. The van der Waals surface area contributed by atoms with Crippen molar-refractivity contribution in [3.05, 3.63) is 35.4 Å². The highest BCUT2D eigenvalue weighted by Crippen LogP contribution is 2.63. The van der Waals surface area contributed by atoms with Crippen LogP contribution < -0.4 is 0 Å². The summed E-state index contributed by atoms with van der Waals surface area (Å²) >= 11 is 0. The first kappa shape index (κ1) is 14.9. The molecule has 0 heterocycles. The number of halogens is 3. The fourth-order valence-electron chi connectivity index (χ4n) is 3.27. The van der Waals surface area contributed by atoms with Crippen LogP contribution in [0.2, 0.25) is 0 Å². The Labute approximate surface area is 115 Å². The van der Waals surface area contributed by atoms with Crippen molar-refractivity contribution in [2.45, 2.75) is 32.9 Å². The second kappa shape index (κ2) is 4.50. The zero-order valence-corrected chi connectivity index (χ0v) is 11.5. The van der Waals surface area contributed by atoms with E-state index in [2.05, 4.69) is 0 Å². The Morgan fingerprint density at radius 1 is 1.25 bits per heavy atom. The molecule has 1 aromatic carbocycles. The molecule has 2 rings (SSSR count). The van der Waals surface area contributed by atoms with E-state index in [0.717, 1.165) is 17.7 Å². The smallest absolute Gasteiger partial charge is 0.416 e. The second-order valence-electron chi connectivity index (χ2n) is 6.07. The molecule has 0 saturated heterocycles. The average Bonchev–Trinajstić information content (AvgIpc) is 2.90. The summed E-state index contributed by atoms with van der Waals surface area (Å²) in [5, 5.41) is 9.16. The van der Waals surface area contributed by atoms with Gasteiger partial charge in [-0.25, -0.2) is 0 Å². The number of alkyl halides is 3. The van der Waals surface area contributed by atoms with Crippen molar-refractivity contribution in [2.24, 2.45) is 17.3 Å². The molecule has 3 unspecified atom stereocenters. The van der Waals surface area contributed by atoms with Gasteiger partial charge < -0.3 is 5.11 Å². The quantitative estimate of drug-likeness (QED) is 0.905. The van der Waals surface area contributed by atoms with Gasteiger partial charge in [-0.05, 0) is 34.9 Å². The average molecular weight is 286 g/mol. The highest BCUT2D eigenvalue weighted by Gasteiger charge is 2.63. The van der Waals surface area contributed by atoms with E-state index in [-0.39, 0.29) is 17.3 Å². The van der Waals surface area contributed by atoms with Crippen LogP contribution >= 0.6 is 0 Å². The zero-order valence-electron chi connectivity index (χ0n) is 11.5. The summed E-state index contributed by atoms with van der Waals surface area (Å²) in [5.74, 6) is -1.39. The summed E-state index contributed by atoms with van der Waals surface area (Å²) in [6.45, 7) is 5.64. The highest BCUT2D eigenvalue weighted by molar-refractivity contribution is 5.75. The van der Waals surface area contributed by atoms with Crippen LogP contribution in [0.4, 0.5) is 13.2 Å². The van der Waals surface area contributed by atoms with Crippen LogP contribution in [0.1, 0.15) is 37.8 Å². The molecule has 3 atom stereocenters. The minimum absolute atomic E-state index is 0.0447. The van der Waals surface area contributed by atoms with Gasteiger partial charge in [-0.3, -0.25) is 4.79 Å². The van der Waals surface area contributed by atoms with E-state index < -0.39 is 23.6 Å². The van der Waals surface area contributed by atoms with Crippen LogP contribution in [0, 0.1) is 17.3 Å². The molecule has 0 radical (unpaired) electrons. The van der Waals surface area contributed by atoms with Gasteiger partial charge in [0.05, 0.1) is 11.5 Å². The predicted octanol–water partition coefficient (Wildman–Crippen LogP) is 4.17. The number of aliphatic carboxylic acids is 1. The normalized spacial score (nSPS) is 26.1. The lowest BCUT2D eigenvalue weighted by molar-refractivity contribution is -0.139. The maximum atomic E-state index is 12.5. The molecule has 1 aromatic rings. The molecular weight excluding hydrogens is 269 g/mol. The minimum atomic E-state index is -4.34. The van der Waals surface area contributed by atoms with Crippen molar-refractivity contribution in [3.8, 4) is 0 Å². The molecule has 1 fully saturated rings. The number of benzene rings is 1. The predicted molar refractivity (Wildman–Crippen MR) is 68.3 cm³/mol. The minimum Gasteiger partial charge on any atom is -0.481 e. The maximum absolute atomic E-state index is 12.5. The molecule has 1 aliphatic carbocycles. The van der Waals surface area contributed by atoms with Crippen LogP contribution in [-0.2, 0) is 11.0 Å². The SMILES string of the molecule is CC(c1ccc(C(F)(F)F)cc1)C1C(C(=O)O)C1(C)C. The van der Waals surface area contributed by atoms with Crippen molar-refractivity contribution in [1.29, 1.82) is 0 Å². The molecule has 1 aliphatic rings. The lowest BCUT2D eigenvalue weighted by Crippen LogP contribution is -2.07. The van der Waals surface area contributed by atoms with Crippen LogP contribution in [0.15, 0.2) is 24.3 Å². The van der Waals surface area contributed by atoms with Gasteiger partial charge in [0.1, 0.15) is 0 Å². The monoisotopic (exact) mass is 286 g/mol. The topological polar surface area (TPSA) is 37.3 Å². The van der Waals surface area contributed by atoms with Crippen molar-refractivity contribution < 1.29 is 23.1 Å². The van der Waals surface area contributed by atoms with Gasteiger partial charge >= 0.3 is 12.1 Å². The Kier molecular flexibility index (Phi) is 3.35. The number of rotatable bonds is 3. The van der Waals surface area contributed by atoms with E-state index >= 15 is 0 Å². The molecule has 110 valence electrons. The van der Waals surface area contributed by atoms with Gasteiger partial charge in [0.2, 0.25) is 0 Å². The Morgan fingerprint density at radius 3 is 2.10 bits per heavy atom. The summed E-state index contributed by atoms with van der Waals surface area (Å²) < 4.78 is 37.5. The first-order chi connectivity index (χ1) is 9.06. The molecule has 2 nitrogen and oxygen atoms in total. The van der Waals surface area contributed by atoms with E-state index in [1.807, 2.05) is 20.8 Å². The van der Waals surface area contributed by atoms with E-state index in [1.54, 1.807) is 0 Å². The molecule has 0 spiro atoms. The van der Waals surface area contributed by atoms with Gasteiger partial charge in [-0.1, -0.05) is 32.9 Å². The molecule has 0 amide bonds. The molecule has 0 aromatic heterocycles. The third-order valence-corrected chi connectivity index (χ3v) is 4.48. The Hall–Kier alpha value is -1.52. The van der Waals surface area contributed by atoms with Gasteiger partial charge in [0.25, 0.3) is 0 Å². The standard InChI is InChI=1S/C15H17F3O2/c1-8(11-12(13(19)20)14(11,2)3)9-4-6-10(7-5-9)15(16,17)18/h4-8,11-12H,1-3H3,(H,19,20). The molecule has 0 bridgehead atoms. The number of hydrogen-bond acceptors (Lipinski definition) is 1. The summed E-state index contributed by atoms with van der Waals surface area (Å²) in [5.41, 5.74) is -0.244. The Bertz CT molecular complexity index is 517. The van der Waals surface area contributed by atoms with Gasteiger partial charge in [-0.15, -0.1) is 0 Å². The summed E-state index contributed by atoms with van der Waals surface area (Å²) in [7, 11) is 0. The van der Waals surface area contributed by atoms with Crippen molar-refractivity contribution >= 4 is 5.97 Å². The molecule has 1 N–H and O–H groups in total. The highest BCUT2D eigenvalue weighted by atomic mass is 19.4. The van der Waals surface area contributed by atoms with Crippen LogP contribution in [0.5, 0.6) is 0 Å². The third-order valence-electron chi connectivity index (χ3n) is 4.48. The number of carboxylic acid groups (broad SMARTS) is 1. The van der Waals surface area contributed by atoms with Gasteiger partial charge in [-0.2, -0.15) is 13.2 Å². The fraction of sp³-hybridized carbons (Fsp3) is 0.533. The molecule has 5 heteroatoms.